The van der Waals surface area contributed by atoms with Gasteiger partial charge in [-0.15, -0.1) is 9.99 Å². The van der Waals surface area contributed by atoms with Gasteiger partial charge in [-0.1, -0.05) is 31.4 Å². The summed E-state index contributed by atoms with van der Waals surface area (Å²) in [6, 6.07) is 5.11. The molecule has 2 aliphatic heterocycles. The van der Waals surface area contributed by atoms with Crippen LogP contribution in [0.4, 0.5) is 16.0 Å². The monoisotopic (exact) mass is 398 g/mol. The van der Waals surface area contributed by atoms with E-state index in [9.17, 15) is 4.39 Å². The molecule has 2 aromatic rings. The SMILES string of the molecule is CC(C)C1=N[NH+](c2noc(C[C@@H]3CCN(CC4CCC4)C3)n2)c2c(F)cccc21. The van der Waals surface area contributed by atoms with Crippen molar-refractivity contribution in [2.75, 3.05) is 19.6 Å². The summed E-state index contributed by atoms with van der Waals surface area (Å²) in [4.78, 5) is 7.18. The molecule has 29 heavy (non-hydrogen) atoms. The number of nitrogens with zero attached hydrogens (tertiary/aromatic N) is 4. The molecule has 0 bridgehead atoms. The van der Waals surface area contributed by atoms with Crippen LogP contribution in [0.5, 0.6) is 0 Å². The van der Waals surface area contributed by atoms with Gasteiger partial charge in [0.1, 0.15) is 5.71 Å². The first-order valence-corrected chi connectivity index (χ1v) is 10.9. The van der Waals surface area contributed by atoms with Gasteiger partial charge < -0.3 is 9.42 Å². The minimum atomic E-state index is -0.286. The van der Waals surface area contributed by atoms with Crippen LogP contribution in [0.1, 0.15) is 51.0 Å². The van der Waals surface area contributed by atoms with E-state index in [-0.39, 0.29) is 11.7 Å². The van der Waals surface area contributed by atoms with Crippen LogP contribution in [-0.4, -0.2) is 40.4 Å². The van der Waals surface area contributed by atoms with Gasteiger partial charge in [-0.3, -0.25) is 0 Å². The second-order valence-corrected chi connectivity index (χ2v) is 9.09. The summed E-state index contributed by atoms with van der Waals surface area (Å²) in [7, 11) is 0. The van der Waals surface area contributed by atoms with Crippen LogP contribution in [0.15, 0.2) is 27.8 Å². The molecule has 3 heterocycles. The quantitative estimate of drug-likeness (QED) is 0.812. The number of aromatic nitrogens is 2. The van der Waals surface area contributed by atoms with Crippen LogP contribution in [0.25, 0.3) is 0 Å². The van der Waals surface area contributed by atoms with Crippen LogP contribution in [-0.2, 0) is 6.42 Å². The standard InChI is InChI=1S/C22H28FN5O/c1-14(2)20-17-7-4-8-18(23)21(17)28(25-20)22-24-19(29-26-22)11-16-9-10-27(13-16)12-15-5-3-6-15/h4,7-8,14-16H,3,5-6,9-13H2,1-2H3/p+1/t16-/m0/s1. The third-order valence-corrected chi connectivity index (χ3v) is 6.56. The van der Waals surface area contributed by atoms with E-state index in [0.29, 0.717) is 28.5 Å². The lowest BCUT2D eigenvalue weighted by atomic mass is 9.85. The van der Waals surface area contributed by atoms with E-state index in [1.54, 1.807) is 6.07 Å². The summed E-state index contributed by atoms with van der Waals surface area (Å²) in [6.07, 6.45) is 6.14. The van der Waals surface area contributed by atoms with Crippen molar-refractivity contribution in [3.05, 3.63) is 35.5 Å². The van der Waals surface area contributed by atoms with Crippen molar-refractivity contribution in [2.45, 2.75) is 46.0 Å². The number of hydrogen-bond donors (Lipinski definition) is 1. The first-order chi connectivity index (χ1) is 14.1. The largest absolute Gasteiger partial charge is 0.396 e. The maximum absolute atomic E-state index is 14.6. The molecule has 2 fully saturated rings. The molecular formula is C22H29FN5O+. The highest BCUT2D eigenvalue weighted by molar-refractivity contribution is 6.06. The predicted molar refractivity (Wildman–Crippen MR) is 108 cm³/mol. The lowest BCUT2D eigenvalue weighted by Crippen LogP contribution is -2.97. The fourth-order valence-corrected chi connectivity index (χ4v) is 4.78. The van der Waals surface area contributed by atoms with Gasteiger partial charge in [0.25, 0.3) is 0 Å². The number of quaternary nitrogens is 1. The van der Waals surface area contributed by atoms with Crippen molar-refractivity contribution in [3.63, 3.8) is 0 Å². The maximum Gasteiger partial charge on any atom is 0.396 e. The molecule has 154 valence electrons. The Balaban J connectivity index is 1.29. The number of nitrogens with one attached hydrogen (secondary N) is 1. The van der Waals surface area contributed by atoms with Gasteiger partial charge in [-0.25, -0.2) is 4.39 Å². The molecule has 0 amide bonds. The number of halogens is 1. The van der Waals surface area contributed by atoms with E-state index in [2.05, 4.69) is 28.9 Å². The van der Waals surface area contributed by atoms with E-state index in [1.165, 1.54) is 44.8 Å². The van der Waals surface area contributed by atoms with Crippen molar-refractivity contribution < 1.29 is 13.9 Å². The van der Waals surface area contributed by atoms with Crippen molar-refractivity contribution in [3.8, 4) is 0 Å². The van der Waals surface area contributed by atoms with Crippen molar-refractivity contribution in [1.29, 1.82) is 0 Å². The summed E-state index contributed by atoms with van der Waals surface area (Å²) in [5, 5.41) is 9.34. The summed E-state index contributed by atoms with van der Waals surface area (Å²) in [6.45, 7) is 7.64. The summed E-state index contributed by atoms with van der Waals surface area (Å²) >= 11 is 0. The average Bonchev–Trinajstić information content (AvgIpc) is 3.37. The Morgan fingerprint density at radius 2 is 2.10 bits per heavy atom. The third-order valence-electron chi connectivity index (χ3n) is 6.56. The number of likely N-dealkylation sites (tertiary alicyclic amines) is 1. The molecule has 2 atom stereocenters. The number of para-hydroxylation sites is 1. The lowest BCUT2D eigenvalue weighted by molar-refractivity contribution is -0.771. The minimum absolute atomic E-state index is 0.194. The molecule has 1 N–H and O–H groups in total. The molecule has 5 rings (SSSR count). The Morgan fingerprint density at radius 1 is 1.24 bits per heavy atom. The Kier molecular flexibility index (Phi) is 4.95. The number of rotatable bonds is 6. The maximum atomic E-state index is 14.6. The Hall–Kier alpha value is -2.12. The second-order valence-electron chi connectivity index (χ2n) is 9.09. The van der Waals surface area contributed by atoms with Gasteiger partial charge in [0.05, 0.1) is 5.56 Å². The van der Waals surface area contributed by atoms with Crippen LogP contribution < -0.4 is 5.01 Å². The van der Waals surface area contributed by atoms with Gasteiger partial charge in [0, 0.05) is 30.6 Å². The fourth-order valence-electron chi connectivity index (χ4n) is 4.78. The van der Waals surface area contributed by atoms with E-state index < -0.39 is 0 Å². The van der Waals surface area contributed by atoms with Crippen LogP contribution >= 0.6 is 0 Å². The Labute approximate surface area is 170 Å². The van der Waals surface area contributed by atoms with Gasteiger partial charge in [0.2, 0.25) is 11.6 Å². The summed E-state index contributed by atoms with van der Waals surface area (Å²) < 4.78 is 20.1. The van der Waals surface area contributed by atoms with Crippen molar-refractivity contribution >= 4 is 17.3 Å². The first-order valence-electron chi connectivity index (χ1n) is 10.9. The zero-order valence-corrected chi connectivity index (χ0v) is 17.2. The lowest BCUT2D eigenvalue weighted by Gasteiger charge is -2.30. The summed E-state index contributed by atoms with van der Waals surface area (Å²) in [5.41, 5.74) is 2.21. The van der Waals surface area contributed by atoms with Crippen LogP contribution in [0.3, 0.4) is 0 Å². The van der Waals surface area contributed by atoms with Gasteiger partial charge in [0.15, 0.2) is 5.82 Å². The summed E-state index contributed by atoms with van der Waals surface area (Å²) in [5.74, 6) is 2.40. The number of benzene rings is 1. The van der Waals surface area contributed by atoms with Gasteiger partial charge >= 0.3 is 5.95 Å². The molecule has 7 heteroatoms. The fraction of sp³-hybridized carbons (Fsp3) is 0.591. The zero-order valence-electron chi connectivity index (χ0n) is 17.2. The Bertz CT molecular complexity index is 920. The molecule has 1 aromatic carbocycles. The molecule has 1 aromatic heterocycles. The second kappa shape index (κ2) is 7.61. The molecule has 6 nitrogen and oxygen atoms in total. The molecule has 1 saturated carbocycles. The molecule has 3 aliphatic rings. The number of hydrogen-bond acceptors (Lipinski definition) is 5. The predicted octanol–water partition coefficient (Wildman–Crippen LogP) is 3.10. The molecule has 1 saturated heterocycles. The van der Waals surface area contributed by atoms with E-state index in [0.717, 1.165) is 30.2 Å². The molecule has 0 radical (unpaired) electrons. The highest BCUT2D eigenvalue weighted by Gasteiger charge is 2.38. The van der Waals surface area contributed by atoms with Crippen LogP contribution in [0, 0.1) is 23.6 Å². The number of fused-ring (bicyclic) bond motifs is 1. The van der Waals surface area contributed by atoms with Crippen LogP contribution in [0.2, 0.25) is 0 Å². The van der Waals surface area contributed by atoms with Crippen molar-refractivity contribution in [2.24, 2.45) is 22.9 Å². The molecule has 1 unspecified atom stereocenters. The highest BCUT2D eigenvalue weighted by atomic mass is 19.1. The highest BCUT2D eigenvalue weighted by Crippen LogP contribution is 2.30. The van der Waals surface area contributed by atoms with Crippen molar-refractivity contribution in [1.82, 2.24) is 15.0 Å². The zero-order chi connectivity index (χ0) is 20.0. The molecule has 1 aliphatic carbocycles. The topological polar surface area (TPSA) is 59.0 Å². The van der Waals surface area contributed by atoms with E-state index >= 15 is 0 Å². The van der Waals surface area contributed by atoms with Gasteiger partial charge in [-0.2, -0.15) is 0 Å². The molecule has 0 spiro atoms. The Morgan fingerprint density at radius 3 is 2.86 bits per heavy atom. The third kappa shape index (κ3) is 3.62. The smallest absolute Gasteiger partial charge is 0.334 e. The van der Waals surface area contributed by atoms with Gasteiger partial charge in [-0.05, 0) is 49.8 Å². The van der Waals surface area contributed by atoms with E-state index in [1.807, 2.05) is 6.07 Å². The average molecular weight is 399 g/mol. The first kappa shape index (κ1) is 18.9. The normalized spacial score (nSPS) is 24.8. The minimum Gasteiger partial charge on any atom is -0.334 e. The molecular weight excluding hydrogens is 369 g/mol. The van der Waals surface area contributed by atoms with E-state index in [4.69, 9.17) is 9.62 Å².